The number of nitrogens with zero attached hydrogens (tertiary/aromatic N) is 3. The minimum Gasteiger partial charge on any atom is -0.336 e. The Balaban J connectivity index is 1.58. The fourth-order valence-electron chi connectivity index (χ4n) is 3.16. The molecule has 0 radical (unpaired) electrons. The Bertz CT molecular complexity index is 1230. The van der Waals surface area contributed by atoms with Gasteiger partial charge in [0.15, 0.2) is 0 Å². The Kier molecular flexibility index (Phi) is 7.13. The maximum absolute atomic E-state index is 12.5. The highest BCUT2D eigenvalue weighted by Crippen LogP contribution is 2.14. The summed E-state index contributed by atoms with van der Waals surface area (Å²) >= 11 is 0. The number of terminal acetylenes is 1. The summed E-state index contributed by atoms with van der Waals surface area (Å²) in [5.41, 5.74) is 2.68. The SMILES string of the molecule is C#Cc1cccc(NC(=O)CN(C)C(=O)CCc2c(C)nc(-c3ccncc3)[nH]c2=O)c1. The number of pyridine rings is 1. The molecule has 0 spiro atoms. The average Bonchev–Trinajstić information content (AvgIpc) is 2.78. The van der Waals surface area contributed by atoms with E-state index in [4.69, 9.17) is 6.42 Å². The van der Waals surface area contributed by atoms with Crippen LogP contribution in [0.25, 0.3) is 11.4 Å². The molecule has 2 aromatic heterocycles. The number of rotatable bonds is 7. The third-order valence-electron chi connectivity index (χ3n) is 4.88. The summed E-state index contributed by atoms with van der Waals surface area (Å²) in [6.07, 6.45) is 8.91. The molecule has 2 amide bonds. The number of H-pyrrole nitrogens is 1. The molecule has 0 saturated carbocycles. The summed E-state index contributed by atoms with van der Waals surface area (Å²) in [5.74, 6) is 2.36. The highest BCUT2D eigenvalue weighted by atomic mass is 16.2. The van der Waals surface area contributed by atoms with Gasteiger partial charge in [0.05, 0.1) is 6.54 Å². The topological polar surface area (TPSA) is 108 Å². The van der Waals surface area contributed by atoms with E-state index in [0.717, 1.165) is 5.56 Å². The minimum atomic E-state index is -0.340. The molecule has 8 nitrogen and oxygen atoms in total. The Morgan fingerprint density at radius 2 is 1.97 bits per heavy atom. The number of hydrogen-bond donors (Lipinski definition) is 2. The number of hydrogen-bond acceptors (Lipinski definition) is 5. The molecule has 8 heteroatoms. The Morgan fingerprint density at radius 1 is 1.22 bits per heavy atom. The summed E-state index contributed by atoms with van der Waals surface area (Å²) in [6.45, 7) is 1.62. The molecule has 0 aliphatic rings. The molecular weight excluding hydrogens is 406 g/mol. The predicted octanol–water partition coefficient (Wildman–Crippen LogP) is 2.15. The first kappa shape index (κ1) is 22.4. The fourth-order valence-corrected chi connectivity index (χ4v) is 3.16. The first-order chi connectivity index (χ1) is 15.4. The van der Waals surface area contributed by atoms with E-state index in [1.807, 2.05) is 0 Å². The second-order valence-electron chi connectivity index (χ2n) is 7.24. The normalized spacial score (nSPS) is 10.3. The predicted molar refractivity (Wildman–Crippen MR) is 122 cm³/mol. The largest absolute Gasteiger partial charge is 0.336 e. The van der Waals surface area contributed by atoms with Gasteiger partial charge in [0.1, 0.15) is 5.82 Å². The number of aryl methyl sites for hydroxylation is 1. The zero-order valence-electron chi connectivity index (χ0n) is 17.9. The van der Waals surface area contributed by atoms with Crippen LogP contribution in [0.1, 0.15) is 23.2 Å². The first-order valence-corrected chi connectivity index (χ1v) is 9.98. The van der Waals surface area contributed by atoms with Crippen LogP contribution in [0.3, 0.4) is 0 Å². The van der Waals surface area contributed by atoms with E-state index in [9.17, 15) is 14.4 Å². The molecule has 32 heavy (non-hydrogen) atoms. The average molecular weight is 429 g/mol. The summed E-state index contributed by atoms with van der Waals surface area (Å²) < 4.78 is 0. The molecule has 2 heterocycles. The number of carbonyl (C=O) groups is 2. The van der Waals surface area contributed by atoms with Crippen molar-refractivity contribution in [3.63, 3.8) is 0 Å². The monoisotopic (exact) mass is 429 g/mol. The van der Waals surface area contributed by atoms with Gasteiger partial charge in [0, 0.05) is 53.9 Å². The molecule has 0 bridgehead atoms. The molecule has 2 N–H and O–H groups in total. The lowest BCUT2D eigenvalue weighted by Crippen LogP contribution is -2.35. The van der Waals surface area contributed by atoms with Crippen molar-refractivity contribution in [1.29, 1.82) is 0 Å². The van der Waals surface area contributed by atoms with Gasteiger partial charge in [0.25, 0.3) is 5.56 Å². The van der Waals surface area contributed by atoms with Crippen LogP contribution in [0.15, 0.2) is 53.6 Å². The van der Waals surface area contributed by atoms with Crippen LogP contribution in [0, 0.1) is 19.3 Å². The molecule has 1 aromatic carbocycles. The van der Waals surface area contributed by atoms with Crippen LogP contribution in [-0.2, 0) is 16.0 Å². The number of aromatic nitrogens is 3. The van der Waals surface area contributed by atoms with Crippen LogP contribution in [0.5, 0.6) is 0 Å². The van der Waals surface area contributed by atoms with Crippen LogP contribution in [-0.4, -0.2) is 45.3 Å². The summed E-state index contributed by atoms with van der Waals surface area (Å²) in [4.78, 5) is 49.8. The van der Waals surface area contributed by atoms with E-state index >= 15 is 0 Å². The lowest BCUT2D eigenvalue weighted by molar-refractivity contribution is -0.133. The molecule has 0 fully saturated rings. The lowest BCUT2D eigenvalue weighted by Gasteiger charge is -2.17. The van der Waals surface area contributed by atoms with Crippen LogP contribution in [0.4, 0.5) is 5.69 Å². The molecule has 3 aromatic rings. The molecule has 162 valence electrons. The molecule has 0 saturated heterocycles. The second kappa shape index (κ2) is 10.2. The standard InChI is InChI=1S/C24H23N5O3/c1-4-17-6-5-7-19(14-17)27-21(30)15-29(3)22(31)9-8-20-16(2)26-23(28-24(20)32)18-10-12-25-13-11-18/h1,5-7,10-14H,8-9,15H2,2-3H3,(H,27,30)(H,26,28,32). The number of aromatic amines is 1. The van der Waals surface area contributed by atoms with Crippen LogP contribution in [0.2, 0.25) is 0 Å². The van der Waals surface area contributed by atoms with Gasteiger partial charge < -0.3 is 15.2 Å². The van der Waals surface area contributed by atoms with E-state index in [-0.39, 0.29) is 36.8 Å². The van der Waals surface area contributed by atoms with Gasteiger partial charge in [-0.05, 0) is 43.7 Å². The quantitative estimate of drug-likeness (QED) is 0.560. The summed E-state index contributed by atoms with van der Waals surface area (Å²) in [6, 6.07) is 10.4. The first-order valence-electron chi connectivity index (χ1n) is 9.98. The smallest absolute Gasteiger partial charge is 0.254 e. The number of anilines is 1. The van der Waals surface area contributed by atoms with Crippen molar-refractivity contribution in [1.82, 2.24) is 19.9 Å². The van der Waals surface area contributed by atoms with Crippen molar-refractivity contribution in [2.45, 2.75) is 19.8 Å². The Morgan fingerprint density at radius 3 is 2.66 bits per heavy atom. The minimum absolute atomic E-state index is 0.0799. The molecular formula is C24H23N5O3. The fraction of sp³-hybridized carbons (Fsp3) is 0.208. The van der Waals surface area contributed by atoms with E-state index in [0.29, 0.717) is 28.3 Å². The van der Waals surface area contributed by atoms with Crippen molar-refractivity contribution in [3.05, 3.63) is 76.0 Å². The van der Waals surface area contributed by atoms with Crippen LogP contribution >= 0.6 is 0 Å². The highest BCUT2D eigenvalue weighted by molar-refractivity contribution is 5.94. The van der Waals surface area contributed by atoms with Gasteiger partial charge in [-0.3, -0.25) is 19.4 Å². The third kappa shape index (κ3) is 5.67. The van der Waals surface area contributed by atoms with Gasteiger partial charge in [0.2, 0.25) is 11.8 Å². The lowest BCUT2D eigenvalue weighted by atomic mass is 10.1. The van der Waals surface area contributed by atoms with Crippen molar-refractivity contribution in [2.75, 3.05) is 18.9 Å². The zero-order valence-corrected chi connectivity index (χ0v) is 17.9. The maximum atomic E-state index is 12.5. The molecule has 3 rings (SSSR count). The van der Waals surface area contributed by atoms with Gasteiger partial charge in [-0.1, -0.05) is 12.0 Å². The van der Waals surface area contributed by atoms with E-state index in [1.165, 1.54) is 4.90 Å². The van der Waals surface area contributed by atoms with E-state index in [1.54, 1.807) is 62.8 Å². The second-order valence-corrected chi connectivity index (χ2v) is 7.24. The number of nitrogens with one attached hydrogen (secondary N) is 2. The van der Waals surface area contributed by atoms with Crippen LogP contribution < -0.4 is 10.9 Å². The van der Waals surface area contributed by atoms with Crippen molar-refractivity contribution < 1.29 is 9.59 Å². The Labute approximate surface area is 185 Å². The molecule has 0 atom stereocenters. The van der Waals surface area contributed by atoms with Gasteiger partial charge >= 0.3 is 0 Å². The summed E-state index contributed by atoms with van der Waals surface area (Å²) in [5, 5.41) is 2.72. The van der Waals surface area contributed by atoms with E-state index < -0.39 is 0 Å². The Hall–Kier alpha value is -4.25. The number of amides is 2. The molecule has 0 unspecified atom stereocenters. The van der Waals surface area contributed by atoms with Crippen molar-refractivity contribution in [3.8, 4) is 23.7 Å². The molecule has 0 aliphatic heterocycles. The summed E-state index contributed by atoms with van der Waals surface area (Å²) in [7, 11) is 1.54. The van der Waals surface area contributed by atoms with E-state index in [2.05, 4.69) is 26.2 Å². The molecule has 0 aliphatic carbocycles. The van der Waals surface area contributed by atoms with Gasteiger partial charge in [-0.2, -0.15) is 0 Å². The number of benzene rings is 1. The highest BCUT2D eigenvalue weighted by Gasteiger charge is 2.16. The maximum Gasteiger partial charge on any atom is 0.254 e. The number of carbonyl (C=O) groups excluding carboxylic acids is 2. The zero-order chi connectivity index (χ0) is 23.1. The van der Waals surface area contributed by atoms with Crippen molar-refractivity contribution in [2.24, 2.45) is 0 Å². The third-order valence-corrected chi connectivity index (χ3v) is 4.88. The van der Waals surface area contributed by atoms with Gasteiger partial charge in [-0.25, -0.2) is 4.98 Å². The van der Waals surface area contributed by atoms with Gasteiger partial charge in [-0.15, -0.1) is 6.42 Å². The van der Waals surface area contributed by atoms with Crippen molar-refractivity contribution >= 4 is 17.5 Å². The number of likely N-dealkylation sites (N-methyl/N-ethyl adjacent to an activating group) is 1.